The van der Waals surface area contributed by atoms with Crippen molar-refractivity contribution in [1.29, 1.82) is 0 Å². The van der Waals surface area contributed by atoms with Gasteiger partial charge in [0.05, 0.1) is 11.8 Å². The Hall–Kier alpha value is -0.960. The summed E-state index contributed by atoms with van der Waals surface area (Å²) in [6, 6.07) is 1.77. The Balaban J connectivity index is 1.98. The van der Waals surface area contributed by atoms with Crippen LogP contribution in [0.15, 0.2) is 18.6 Å². The third-order valence-electron chi connectivity index (χ3n) is 2.20. The molecule has 3 nitrogen and oxygen atoms in total. The van der Waals surface area contributed by atoms with E-state index < -0.39 is 0 Å². The highest BCUT2D eigenvalue weighted by Gasteiger charge is 2.25. The van der Waals surface area contributed by atoms with Crippen molar-refractivity contribution >= 4 is 0 Å². The van der Waals surface area contributed by atoms with E-state index in [2.05, 4.69) is 9.97 Å². The van der Waals surface area contributed by atoms with Crippen molar-refractivity contribution in [3.8, 4) is 0 Å². The third kappa shape index (κ3) is 1.80. The van der Waals surface area contributed by atoms with E-state index >= 15 is 0 Å². The van der Waals surface area contributed by atoms with Crippen molar-refractivity contribution in [1.82, 2.24) is 9.97 Å². The second kappa shape index (κ2) is 3.19. The third-order valence-corrected chi connectivity index (χ3v) is 2.20. The molecule has 0 amide bonds. The SMILES string of the molecule is OC(CC1CC1)c1ccncn1. The average Bonchev–Trinajstić information content (AvgIpc) is 2.90. The van der Waals surface area contributed by atoms with E-state index in [9.17, 15) is 5.11 Å². The first-order valence-corrected chi connectivity index (χ1v) is 4.30. The molecule has 1 unspecified atom stereocenters. The lowest BCUT2D eigenvalue weighted by Crippen LogP contribution is -2.01. The van der Waals surface area contributed by atoms with Crippen LogP contribution >= 0.6 is 0 Å². The van der Waals surface area contributed by atoms with Gasteiger partial charge in [-0.3, -0.25) is 0 Å². The second-order valence-electron chi connectivity index (χ2n) is 3.33. The zero-order valence-corrected chi connectivity index (χ0v) is 6.85. The van der Waals surface area contributed by atoms with Crippen molar-refractivity contribution < 1.29 is 5.11 Å². The van der Waals surface area contributed by atoms with E-state index in [0.29, 0.717) is 0 Å². The van der Waals surface area contributed by atoms with E-state index in [-0.39, 0.29) is 6.10 Å². The number of nitrogens with zero attached hydrogens (tertiary/aromatic N) is 2. The summed E-state index contributed by atoms with van der Waals surface area (Å²) in [5.41, 5.74) is 0.747. The maximum atomic E-state index is 9.64. The highest BCUT2D eigenvalue weighted by atomic mass is 16.3. The topological polar surface area (TPSA) is 46.0 Å². The van der Waals surface area contributed by atoms with Crippen molar-refractivity contribution in [2.45, 2.75) is 25.4 Å². The van der Waals surface area contributed by atoms with Crippen LogP contribution in [0.1, 0.15) is 31.1 Å². The molecule has 0 aromatic carbocycles. The monoisotopic (exact) mass is 164 g/mol. The number of rotatable bonds is 3. The van der Waals surface area contributed by atoms with Crippen LogP contribution in [0.5, 0.6) is 0 Å². The van der Waals surface area contributed by atoms with Gasteiger partial charge in [-0.1, -0.05) is 12.8 Å². The molecule has 12 heavy (non-hydrogen) atoms. The minimum atomic E-state index is -0.388. The fraction of sp³-hybridized carbons (Fsp3) is 0.556. The van der Waals surface area contributed by atoms with Crippen molar-refractivity contribution in [2.75, 3.05) is 0 Å². The van der Waals surface area contributed by atoms with Crippen LogP contribution in [0.3, 0.4) is 0 Å². The van der Waals surface area contributed by atoms with E-state index in [0.717, 1.165) is 18.0 Å². The lowest BCUT2D eigenvalue weighted by Gasteiger charge is -2.07. The summed E-state index contributed by atoms with van der Waals surface area (Å²) in [4.78, 5) is 7.80. The van der Waals surface area contributed by atoms with Crippen LogP contribution in [-0.2, 0) is 0 Å². The Morgan fingerprint density at radius 3 is 3.00 bits per heavy atom. The largest absolute Gasteiger partial charge is 0.387 e. The Morgan fingerprint density at radius 1 is 1.58 bits per heavy atom. The number of aliphatic hydroxyl groups is 1. The molecular formula is C9H12N2O. The Labute approximate surface area is 71.5 Å². The molecule has 1 fully saturated rings. The van der Waals surface area contributed by atoms with Gasteiger partial charge in [0.15, 0.2) is 0 Å². The zero-order valence-electron chi connectivity index (χ0n) is 6.85. The molecule has 0 radical (unpaired) electrons. The van der Waals surface area contributed by atoms with Gasteiger partial charge in [-0.2, -0.15) is 0 Å². The van der Waals surface area contributed by atoms with Crippen LogP contribution in [0.4, 0.5) is 0 Å². The normalized spacial score (nSPS) is 19.1. The first-order chi connectivity index (χ1) is 5.86. The van der Waals surface area contributed by atoms with E-state index in [1.165, 1.54) is 19.2 Å². The summed E-state index contributed by atoms with van der Waals surface area (Å²) in [5, 5.41) is 9.64. The van der Waals surface area contributed by atoms with Gasteiger partial charge in [0.25, 0.3) is 0 Å². The molecule has 1 atom stereocenters. The van der Waals surface area contributed by atoms with E-state index in [1.54, 1.807) is 12.3 Å². The fourth-order valence-corrected chi connectivity index (χ4v) is 1.29. The predicted molar refractivity (Wildman–Crippen MR) is 44.3 cm³/mol. The zero-order chi connectivity index (χ0) is 8.39. The Bertz CT molecular complexity index is 246. The van der Waals surface area contributed by atoms with Gasteiger partial charge in [0.2, 0.25) is 0 Å². The Morgan fingerprint density at radius 2 is 2.42 bits per heavy atom. The minimum absolute atomic E-state index is 0.388. The molecule has 1 aliphatic rings. The molecule has 1 aliphatic carbocycles. The van der Waals surface area contributed by atoms with Crippen LogP contribution in [-0.4, -0.2) is 15.1 Å². The van der Waals surface area contributed by atoms with Crippen LogP contribution < -0.4 is 0 Å². The molecule has 1 heterocycles. The molecule has 0 saturated heterocycles. The van der Waals surface area contributed by atoms with Gasteiger partial charge in [-0.05, 0) is 18.4 Å². The van der Waals surface area contributed by atoms with Crippen molar-refractivity contribution in [2.24, 2.45) is 5.92 Å². The number of aromatic nitrogens is 2. The molecule has 2 rings (SSSR count). The second-order valence-corrected chi connectivity index (χ2v) is 3.33. The highest BCUT2D eigenvalue weighted by Crippen LogP contribution is 2.36. The lowest BCUT2D eigenvalue weighted by atomic mass is 10.1. The molecule has 3 heteroatoms. The Kier molecular flexibility index (Phi) is 2.04. The summed E-state index contributed by atoms with van der Waals surface area (Å²) in [6.45, 7) is 0. The molecule has 1 saturated carbocycles. The number of hydrogen-bond acceptors (Lipinski definition) is 3. The smallest absolute Gasteiger partial charge is 0.115 e. The van der Waals surface area contributed by atoms with Gasteiger partial charge in [0.1, 0.15) is 6.33 Å². The minimum Gasteiger partial charge on any atom is -0.387 e. The average molecular weight is 164 g/mol. The molecule has 64 valence electrons. The quantitative estimate of drug-likeness (QED) is 0.732. The van der Waals surface area contributed by atoms with Crippen molar-refractivity contribution in [3.63, 3.8) is 0 Å². The molecule has 0 bridgehead atoms. The van der Waals surface area contributed by atoms with Gasteiger partial charge in [0, 0.05) is 6.20 Å². The van der Waals surface area contributed by atoms with Gasteiger partial charge < -0.3 is 5.11 Å². The van der Waals surface area contributed by atoms with Crippen LogP contribution in [0.2, 0.25) is 0 Å². The van der Waals surface area contributed by atoms with Gasteiger partial charge in [-0.25, -0.2) is 9.97 Å². The summed E-state index contributed by atoms with van der Waals surface area (Å²) >= 11 is 0. The standard InChI is InChI=1S/C9H12N2O/c12-9(5-7-1-2-7)8-3-4-10-6-11-8/h3-4,6-7,9,12H,1-2,5H2. The first kappa shape index (κ1) is 7.68. The highest BCUT2D eigenvalue weighted by molar-refractivity contribution is 5.02. The maximum absolute atomic E-state index is 9.64. The number of hydrogen-bond donors (Lipinski definition) is 1. The van der Waals surface area contributed by atoms with Gasteiger partial charge >= 0.3 is 0 Å². The molecule has 1 N–H and O–H groups in total. The molecular weight excluding hydrogens is 152 g/mol. The fourth-order valence-electron chi connectivity index (χ4n) is 1.29. The van der Waals surface area contributed by atoms with E-state index in [4.69, 9.17) is 0 Å². The van der Waals surface area contributed by atoms with Gasteiger partial charge in [-0.15, -0.1) is 0 Å². The molecule has 0 spiro atoms. The summed E-state index contributed by atoms with van der Waals surface area (Å²) in [7, 11) is 0. The van der Waals surface area contributed by atoms with Crippen LogP contribution in [0.25, 0.3) is 0 Å². The predicted octanol–water partition coefficient (Wildman–Crippen LogP) is 1.31. The summed E-state index contributed by atoms with van der Waals surface area (Å²) < 4.78 is 0. The van der Waals surface area contributed by atoms with Crippen LogP contribution in [0, 0.1) is 5.92 Å². The van der Waals surface area contributed by atoms with E-state index in [1.807, 2.05) is 0 Å². The molecule has 1 aromatic rings. The molecule has 0 aliphatic heterocycles. The number of aliphatic hydroxyl groups excluding tert-OH is 1. The molecule has 1 aromatic heterocycles. The maximum Gasteiger partial charge on any atom is 0.115 e. The first-order valence-electron chi connectivity index (χ1n) is 4.30. The van der Waals surface area contributed by atoms with Crippen molar-refractivity contribution in [3.05, 3.63) is 24.3 Å². The summed E-state index contributed by atoms with van der Waals surface area (Å²) in [6.07, 6.45) is 6.14. The lowest BCUT2D eigenvalue weighted by molar-refractivity contribution is 0.155. The summed E-state index contributed by atoms with van der Waals surface area (Å²) in [5.74, 6) is 0.731.